The second-order valence-electron chi connectivity index (χ2n) is 7.27. The molecule has 0 bridgehead atoms. The summed E-state index contributed by atoms with van der Waals surface area (Å²) in [5.41, 5.74) is -0.427. The third kappa shape index (κ3) is 5.31. The number of nitrogens with zero attached hydrogens (tertiary/aromatic N) is 2. The lowest BCUT2D eigenvalue weighted by Gasteiger charge is -2.39. The molecule has 0 unspecified atom stereocenters. The summed E-state index contributed by atoms with van der Waals surface area (Å²) in [4.78, 5) is 30.5. The Labute approximate surface area is 157 Å². The van der Waals surface area contributed by atoms with Crippen molar-refractivity contribution < 1.29 is 19.1 Å². The number of amides is 1. The van der Waals surface area contributed by atoms with Gasteiger partial charge in [0.25, 0.3) is 0 Å². The molecule has 0 radical (unpaired) electrons. The van der Waals surface area contributed by atoms with Gasteiger partial charge in [-0.2, -0.15) is 0 Å². The Balaban J connectivity index is 1.91. The fourth-order valence-electron chi connectivity index (χ4n) is 2.79. The lowest BCUT2D eigenvalue weighted by Crippen LogP contribution is -2.48. The first-order valence-corrected chi connectivity index (χ1v) is 9.66. The number of ether oxygens (including phenoxy) is 2. The van der Waals surface area contributed by atoms with E-state index in [1.807, 2.05) is 27.7 Å². The number of aromatic nitrogens is 1. The van der Waals surface area contributed by atoms with Crippen LogP contribution in [0, 0.1) is 5.41 Å². The van der Waals surface area contributed by atoms with Crippen LogP contribution < -0.4 is 0 Å². The van der Waals surface area contributed by atoms with Crippen molar-refractivity contribution >= 4 is 35.0 Å². The molecular weight excluding hydrogens is 364 g/mol. The summed E-state index contributed by atoms with van der Waals surface area (Å²) in [7, 11) is 0. The molecule has 2 heterocycles. The molecule has 0 N–H and O–H groups in total. The van der Waals surface area contributed by atoms with Crippen LogP contribution in [0.25, 0.3) is 0 Å². The van der Waals surface area contributed by atoms with E-state index in [0.29, 0.717) is 42.5 Å². The quantitative estimate of drug-likeness (QED) is 0.720. The lowest BCUT2D eigenvalue weighted by atomic mass is 9.76. The summed E-state index contributed by atoms with van der Waals surface area (Å²) in [5, 5.41) is 1.78. The Morgan fingerprint density at radius 2 is 2.00 bits per heavy atom. The maximum Gasteiger partial charge on any atom is 0.410 e. The van der Waals surface area contributed by atoms with Crippen LogP contribution in [0.1, 0.15) is 52.7 Å². The van der Waals surface area contributed by atoms with Gasteiger partial charge in [-0.25, -0.2) is 9.78 Å². The molecule has 0 spiro atoms. The van der Waals surface area contributed by atoms with Gasteiger partial charge < -0.3 is 14.4 Å². The maximum atomic E-state index is 12.6. The summed E-state index contributed by atoms with van der Waals surface area (Å²) in [6.45, 7) is 8.60. The van der Waals surface area contributed by atoms with E-state index in [1.165, 1.54) is 11.3 Å². The number of rotatable bonds is 4. The number of halogens is 1. The molecule has 0 aliphatic carbocycles. The van der Waals surface area contributed by atoms with Crippen LogP contribution in [0.4, 0.5) is 4.79 Å². The van der Waals surface area contributed by atoms with Gasteiger partial charge >= 0.3 is 12.1 Å². The van der Waals surface area contributed by atoms with E-state index in [2.05, 4.69) is 4.98 Å². The number of carbonyl (C=O) groups excluding carboxylic acids is 2. The van der Waals surface area contributed by atoms with Crippen LogP contribution >= 0.6 is 22.9 Å². The van der Waals surface area contributed by atoms with Crippen LogP contribution in [-0.4, -0.2) is 40.6 Å². The predicted octanol–water partition coefficient (Wildman–Crippen LogP) is 4.27. The van der Waals surface area contributed by atoms with Gasteiger partial charge in [-0.15, -0.1) is 11.3 Å². The van der Waals surface area contributed by atoms with Crippen LogP contribution in [0.2, 0.25) is 4.47 Å². The first kappa shape index (κ1) is 20.0. The average Bonchev–Trinajstić information content (AvgIpc) is 2.96. The Kier molecular flexibility index (Phi) is 6.32. The minimum atomic E-state index is -0.557. The third-order valence-electron chi connectivity index (χ3n) is 4.36. The number of hydrogen-bond acceptors (Lipinski definition) is 6. The highest BCUT2D eigenvalue weighted by molar-refractivity contribution is 7.13. The van der Waals surface area contributed by atoms with Crippen molar-refractivity contribution in [2.75, 3.05) is 13.1 Å². The van der Waals surface area contributed by atoms with E-state index in [0.717, 1.165) is 0 Å². The number of piperidine rings is 1. The average molecular weight is 389 g/mol. The monoisotopic (exact) mass is 388 g/mol. The number of thiazole rings is 1. The largest absolute Gasteiger partial charge is 0.459 e. The Morgan fingerprint density at radius 3 is 2.48 bits per heavy atom. The molecule has 0 saturated carbocycles. The zero-order valence-corrected chi connectivity index (χ0v) is 16.7. The van der Waals surface area contributed by atoms with Crippen molar-refractivity contribution in [3.63, 3.8) is 0 Å². The first-order chi connectivity index (χ1) is 11.6. The molecule has 1 aromatic rings. The molecule has 1 aliphatic rings. The van der Waals surface area contributed by atoms with Crippen molar-refractivity contribution in [2.45, 2.75) is 59.2 Å². The van der Waals surface area contributed by atoms with Gasteiger partial charge in [0.2, 0.25) is 0 Å². The van der Waals surface area contributed by atoms with E-state index >= 15 is 0 Å². The van der Waals surface area contributed by atoms with Crippen LogP contribution in [-0.2, 0) is 20.9 Å². The van der Waals surface area contributed by atoms with Crippen molar-refractivity contribution in [3.8, 4) is 0 Å². The molecule has 1 fully saturated rings. The third-order valence-corrected chi connectivity index (χ3v) is 5.38. The SMILES string of the molecule is CCC1(C(=O)OCc2csc(Cl)n2)CCN(C(=O)OC(C)(C)C)CC1. The Hall–Kier alpha value is -1.34. The van der Waals surface area contributed by atoms with Crippen molar-refractivity contribution in [2.24, 2.45) is 5.41 Å². The van der Waals surface area contributed by atoms with Gasteiger partial charge in [0.05, 0.1) is 11.1 Å². The zero-order valence-electron chi connectivity index (χ0n) is 15.1. The van der Waals surface area contributed by atoms with Crippen molar-refractivity contribution in [1.82, 2.24) is 9.88 Å². The van der Waals surface area contributed by atoms with Crippen LogP contribution in [0.5, 0.6) is 0 Å². The maximum absolute atomic E-state index is 12.6. The van der Waals surface area contributed by atoms with Crippen molar-refractivity contribution in [1.29, 1.82) is 0 Å². The topological polar surface area (TPSA) is 68.7 Å². The van der Waals surface area contributed by atoms with E-state index in [9.17, 15) is 9.59 Å². The fraction of sp³-hybridized carbons (Fsp3) is 0.706. The minimum Gasteiger partial charge on any atom is -0.459 e. The van der Waals surface area contributed by atoms with E-state index in [-0.39, 0.29) is 18.7 Å². The van der Waals surface area contributed by atoms with E-state index in [1.54, 1.807) is 10.3 Å². The molecule has 0 aromatic carbocycles. The predicted molar refractivity (Wildman–Crippen MR) is 96.7 cm³/mol. The van der Waals surface area contributed by atoms with Gasteiger partial charge in [0.1, 0.15) is 12.2 Å². The summed E-state index contributed by atoms with van der Waals surface area (Å²) in [6, 6.07) is 0. The molecule has 6 nitrogen and oxygen atoms in total. The molecule has 140 valence electrons. The molecule has 1 aliphatic heterocycles. The molecule has 1 saturated heterocycles. The number of carbonyl (C=O) groups is 2. The molecule has 1 aromatic heterocycles. The molecule has 0 atom stereocenters. The Morgan fingerprint density at radius 1 is 1.36 bits per heavy atom. The lowest BCUT2D eigenvalue weighted by molar-refractivity contribution is -0.161. The fourth-order valence-corrected chi connectivity index (χ4v) is 3.55. The first-order valence-electron chi connectivity index (χ1n) is 8.40. The molecule has 8 heteroatoms. The molecule has 25 heavy (non-hydrogen) atoms. The summed E-state index contributed by atoms with van der Waals surface area (Å²) < 4.78 is 11.3. The number of esters is 1. The van der Waals surface area contributed by atoms with Gasteiger partial charge in [-0.05, 0) is 40.0 Å². The number of hydrogen-bond donors (Lipinski definition) is 0. The molecule has 2 rings (SSSR count). The Bertz CT molecular complexity index is 618. The van der Waals surface area contributed by atoms with E-state index < -0.39 is 11.0 Å². The zero-order chi connectivity index (χ0) is 18.7. The standard InChI is InChI=1S/C17H25ClN2O4S/c1-5-17(13(21)23-10-12-11-25-14(18)19-12)6-8-20(9-7-17)15(22)24-16(2,3)4/h11H,5-10H2,1-4H3. The highest BCUT2D eigenvalue weighted by Crippen LogP contribution is 2.37. The second kappa shape index (κ2) is 7.91. The number of likely N-dealkylation sites (tertiary alicyclic amines) is 1. The normalized spacial score (nSPS) is 17.2. The van der Waals surface area contributed by atoms with Crippen LogP contribution in [0.3, 0.4) is 0 Å². The van der Waals surface area contributed by atoms with Gasteiger partial charge in [0.15, 0.2) is 4.47 Å². The van der Waals surface area contributed by atoms with Gasteiger partial charge in [0, 0.05) is 18.5 Å². The minimum absolute atomic E-state index is 0.125. The molecular formula is C17H25ClN2O4S. The highest BCUT2D eigenvalue weighted by atomic mass is 35.5. The van der Waals surface area contributed by atoms with E-state index in [4.69, 9.17) is 21.1 Å². The van der Waals surface area contributed by atoms with Gasteiger partial charge in [-0.3, -0.25) is 4.79 Å². The molecule has 1 amide bonds. The van der Waals surface area contributed by atoms with Gasteiger partial charge in [-0.1, -0.05) is 18.5 Å². The second-order valence-corrected chi connectivity index (χ2v) is 8.71. The summed E-state index contributed by atoms with van der Waals surface area (Å²) in [5.74, 6) is -0.233. The summed E-state index contributed by atoms with van der Waals surface area (Å²) in [6.07, 6.45) is 1.48. The smallest absolute Gasteiger partial charge is 0.410 e. The van der Waals surface area contributed by atoms with Crippen molar-refractivity contribution in [3.05, 3.63) is 15.5 Å². The summed E-state index contributed by atoms with van der Waals surface area (Å²) >= 11 is 7.10. The van der Waals surface area contributed by atoms with Crippen LogP contribution in [0.15, 0.2) is 5.38 Å². The highest BCUT2D eigenvalue weighted by Gasteiger charge is 2.42.